The van der Waals surface area contributed by atoms with Gasteiger partial charge in [-0.05, 0) is 92.8 Å². The standard InChI is InChI=1S/C36H48N4O6/c1-3-4-19-40-34(43)31(32(41)26-15-22-45-23-16-26)37-35(44)36(40)17-20-39(21-18-36)24-25-5-11-29(12-6-25)46-30-13-7-27(8-14-30)33(42)38(2)28-9-10-28/h5-8,11-14,26,28,31-32,41H,3-4,9-10,15-24H2,1-2H3,(H,37,44)/t31-,32-/m1/s1. The summed E-state index contributed by atoms with van der Waals surface area (Å²) in [6, 6.07) is 14.8. The van der Waals surface area contributed by atoms with Gasteiger partial charge in [0.05, 0.1) is 6.10 Å². The average molecular weight is 633 g/mol. The van der Waals surface area contributed by atoms with Gasteiger partial charge in [0.2, 0.25) is 11.8 Å². The van der Waals surface area contributed by atoms with Gasteiger partial charge in [0.15, 0.2) is 0 Å². The van der Waals surface area contributed by atoms with Crippen LogP contribution in [0.15, 0.2) is 48.5 Å². The molecule has 0 unspecified atom stereocenters. The Kier molecular flexibility index (Phi) is 9.96. The predicted octanol–water partition coefficient (Wildman–Crippen LogP) is 3.96. The van der Waals surface area contributed by atoms with E-state index < -0.39 is 17.7 Å². The number of amides is 3. The van der Waals surface area contributed by atoms with E-state index in [1.165, 1.54) is 0 Å². The van der Waals surface area contributed by atoms with Crippen LogP contribution in [0.3, 0.4) is 0 Å². The lowest BCUT2D eigenvalue weighted by Gasteiger charge is -2.52. The van der Waals surface area contributed by atoms with Crippen molar-refractivity contribution in [2.75, 3.05) is 39.9 Å². The largest absolute Gasteiger partial charge is 0.457 e. The van der Waals surface area contributed by atoms with Gasteiger partial charge in [-0.3, -0.25) is 19.3 Å². The summed E-state index contributed by atoms with van der Waals surface area (Å²) in [5.41, 5.74) is 0.926. The number of unbranched alkanes of at least 4 members (excludes halogenated alkanes) is 1. The quantitative estimate of drug-likeness (QED) is 0.386. The van der Waals surface area contributed by atoms with Crippen LogP contribution in [0.25, 0.3) is 0 Å². The molecule has 2 N–H and O–H groups in total. The molecule has 0 bridgehead atoms. The maximum atomic E-state index is 13.8. The van der Waals surface area contributed by atoms with Gasteiger partial charge in [-0.2, -0.15) is 0 Å². The molecule has 248 valence electrons. The summed E-state index contributed by atoms with van der Waals surface area (Å²) in [7, 11) is 1.86. The zero-order chi connectivity index (χ0) is 32.3. The van der Waals surface area contributed by atoms with Crippen molar-refractivity contribution in [2.24, 2.45) is 5.92 Å². The number of carbonyl (C=O) groups is 3. The van der Waals surface area contributed by atoms with Crippen molar-refractivity contribution in [2.45, 2.75) is 88.6 Å². The summed E-state index contributed by atoms with van der Waals surface area (Å²) in [5.74, 6) is 1.10. The minimum Gasteiger partial charge on any atom is -0.457 e. The first-order chi connectivity index (χ1) is 22.3. The highest BCUT2D eigenvalue weighted by atomic mass is 16.5. The number of benzene rings is 2. The Hall–Kier alpha value is -3.47. The van der Waals surface area contributed by atoms with Gasteiger partial charge in [-0.25, -0.2) is 0 Å². The summed E-state index contributed by atoms with van der Waals surface area (Å²) >= 11 is 0. The zero-order valence-corrected chi connectivity index (χ0v) is 27.2. The van der Waals surface area contributed by atoms with Crippen molar-refractivity contribution >= 4 is 17.7 Å². The molecule has 0 aromatic heterocycles. The summed E-state index contributed by atoms with van der Waals surface area (Å²) in [6.45, 7) is 5.87. The molecule has 1 saturated carbocycles. The topological polar surface area (TPSA) is 112 Å². The molecule has 3 aliphatic heterocycles. The van der Waals surface area contributed by atoms with Crippen LogP contribution in [0.5, 0.6) is 11.5 Å². The molecule has 1 spiro atoms. The number of rotatable bonds is 11. The molecule has 3 saturated heterocycles. The fourth-order valence-electron chi connectivity index (χ4n) is 7.17. The minimum absolute atomic E-state index is 0.0417. The third-order valence-corrected chi connectivity index (χ3v) is 10.3. The van der Waals surface area contributed by atoms with E-state index in [9.17, 15) is 19.5 Å². The molecule has 3 heterocycles. The highest BCUT2D eigenvalue weighted by molar-refractivity contribution is 6.00. The SMILES string of the molecule is CCCCN1C(=O)[C@@H]([C@H](O)C2CCOCC2)NC(=O)C12CCN(Cc1ccc(Oc3ccc(C(=O)N(C)C4CC4)cc3)cc1)CC2. The molecule has 10 heteroatoms. The molecule has 2 aromatic rings. The lowest BCUT2D eigenvalue weighted by molar-refractivity contribution is -0.166. The van der Waals surface area contributed by atoms with Gasteiger partial charge >= 0.3 is 0 Å². The number of likely N-dealkylation sites (tertiary alicyclic amines) is 1. The van der Waals surface area contributed by atoms with Crippen LogP contribution >= 0.6 is 0 Å². The Morgan fingerprint density at radius 2 is 1.65 bits per heavy atom. The van der Waals surface area contributed by atoms with E-state index >= 15 is 0 Å². The Balaban J connectivity index is 1.04. The second-order valence-corrected chi connectivity index (χ2v) is 13.5. The van der Waals surface area contributed by atoms with E-state index in [1.54, 1.807) is 4.90 Å². The molecule has 4 fully saturated rings. The third-order valence-electron chi connectivity index (χ3n) is 10.3. The van der Waals surface area contributed by atoms with Gasteiger partial charge in [0.25, 0.3) is 5.91 Å². The lowest BCUT2D eigenvalue weighted by Crippen LogP contribution is -2.75. The number of aliphatic hydroxyl groups excluding tert-OH is 1. The fraction of sp³-hybridized carbons (Fsp3) is 0.583. The lowest BCUT2D eigenvalue weighted by atomic mass is 9.79. The first kappa shape index (κ1) is 32.5. The van der Waals surface area contributed by atoms with Crippen LogP contribution in [-0.2, 0) is 20.9 Å². The number of ether oxygens (including phenoxy) is 2. The Bertz CT molecular complexity index is 1360. The summed E-state index contributed by atoms with van der Waals surface area (Å²) in [4.78, 5) is 46.2. The Morgan fingerprint density at radius 1 is 1.02 bits per heavy atom. The van der Waals surface area contributed by atoms with E-state index in [0.29, 0.717) is 75.9 Å². The molecule has 3 amide bonds. The van der Waals surface area contributed by atoms with Crippen LogP contribution in [-0.4, -0.2) is 101 Å². The van der Waals surface area contributed by atoms with Gasteiger partial charge in [-0.1, -0.05) is 25.5 Å². The highest BCUT2D eigenvalue weighted by Crippen LogP contribution is 2.36. The first-order valence-electron chi connectivity index (χ1n) is 17.0. The van der Waals surface area contributed by atoms with Gasteiger partial charge in [-0.15, -0.1) is 0 Å². The molecule has 4 aliphatic rings. The second-order valence-electron chi connectivity index (χ2n) is 13.5. The van der Waals surface area contributed by atoms with Crippen LogP contribution in [0.2, 0.25) is 0 Å². The van der Waals surface area contributed by atoms with Crippen LogP contribution in [0.1, 0.15) is 74.2 Å². The van der Waals surface area contributed by atoms with Crippen molar-refractivity contribution in [3.8, 4) is 11.5 Å². The molecular formula is C36H48N4O6. The molecule has 46 heavy (non-hydrogen) atoms. The molecule has 2 atom stereocenters. The number of aliphatic hydroxyl groups is 1. The van der Waals surface area contributed by atoms with Crippen molar-refractivity contribution in [1.29, 1.82) is 0 Å². The van der Waals surface area contributed by atoms with Gasteiger partial charge in [0, 0.05) is 58.0 Å². The van der Waals surface area contributed by atoms with Gasteiger partial charge in [0.1, 0.15) is 23.1 Å². The summed E-state index contributed by atoms with van der Waals surface area (Å²) < 4.78 is 11.5. The van der Waals surface area contributed by atoms with Crippen LogP contribution in [0, 0.1) is 5.92 Å². The van der Waals surface area contributed by atoms with Crippen molar-refractivity contribution in [1.82, 2.24) is 20.0 Å². The maximum absolute atomic E-state index is 13.8. The van der Waals surface area contributed by atoms with E-state index in [-0.39, 0.29) is 23.6 Å². The van der Waals surface area contributed by atoms with E-state index in [4.69, 9.17) is 9.47 Å². The van der Waals surface area contributed by atoms with Crippen molar-refractivity contribution in [3.63, 3.8) is 0 Å². The third kappa shape index (κ3) is 6.94. The maximum Gasteiger partial charge on any atom is 0.253 e. The number of hydrogen-bond donors (Lipinski definition) is 2. The Labute approximate surface area is 272 Å². The number of carbonyl (C=O) groups excluding carboxylic acids is 3. The molecule has 0 radical (unpaired) electrons. The minimum atomic E-state index is -0.906. The number of nitrogens with one attached hydrogen (secondary N) is 1. The monoisotopic (exact) mass is 632 g/mol. The number of piperidine rings is 1. The first-order valence-corrected chi connectivity index (χ1v) is 17.0. The molecule has 6 rings (SSSR count). The smallest absolute Gasteiger partial charge is 0.253 e. The van der Waals surface area contributed by atoms with Gasteiger partial charge < -0.3 is 29.7 Å². The number of hydrogen-bond acceptors (Lipinski definition) is 7. The summed E-state index contributed by atoms with van der Waals surface area (Å²) in [6.07, 6.45) is 5.50. The highest BCUT2D eigenvalue weighted by Gasteiger charge is 2.55. The second kappa shape index (κ2) is 14.1. The normalized spacial score (nSPS) is 22.8. The Morgan fingerprint density at radius 3 is 2.26 bits per heavy atom. The molecule has 1 aliphatic carbocycles. The summed E-state index contributed by atoms with van der Waals surface area (Å²) in [5, 5.41) is 14.1. The van der Waals surface area contributed by atoms with Crippen LogP contribution < -0.4 is 10.1 Å². The fourth-order valence-corrected chi connectivity index (χ4v) is 7.17. The zero-order valence-electron chi connectivity index (χ0n) is 27.2. The number of piperazine rings is 1. The molecule has 2 aromatic carbocycles. The van der Waals surface area contributed by atoms with E-state index in [2.05, 4.69) is 29.3 Å². The van der Waals surface area contributed by atoms with Crippen LogP contribution in [0.4, 0.5) is 0 Å². The van der Waals surface area contributed by atoms with Crippen molar-refractivity contribution in [3.05, 3.63) is 59.7 Å². The van der Waals surface area contributed by atoms with E-state index in [0.717, 1.165) is 43.5 Å². The van der Waals surface area contributed by atoms with E-state index in [1.807, 2.05) is 48.3 Å². The van der Waals surface area contributed by atoms with Crippen molar-refractivity contribution < 1.29 is 29.0 Å². The number of nitrogens with zero attached hydrogens (tertiary/aromatic N) is 3. The predicted molar refractivity (Wildman–Crippen MR) is 173 cm³/mol. The molecular weight excluding hydrogens is 584 g/mol. The molecule has 10 nitrogen and oxygen atoms in total. The average Bonchev–Trinajstić information content (AvgIpc) is 3.94.